The van der Waals surface area contributed by atoms with Gasteiger partial charge >= 0.3 is 5.97 Å². The number of hydrogen-bond donors (Lipinski definition) is 0. The summed E-state index contributed by atoms with van der Waals surface area (Å²) in [6.07, 6.45) is 0.741. The largest absolute Gasteiger partial charge is 0.457 e. The molecule has 2 bridgehead atoms. The van der Waals surface area contributed by atoms with E-state index in [4.69, 9.17) is 4.74 Å². The Kier molecular flexibility index (Phi) is 6.46. The van der Waals surface area contributed by atoms with Crippen LogP contribution in [0.25, 0.3) is 11.1 Å². The van der Waals surface area contributed by atoms with Gasteiger partial charge in [0.05, 0.1) is 18.3 Å². The molecule has 5 rings (SSSR count). The van der Waals surface area contributed by atoms with E-state index in [0.29, 0.717) is 5.56 Å². The second kappa shape index (κ2) is 9.38. The van der Waals surface area contributed by atoms with Crippen molar-refractivity contribution < 1.29 is 23.9 Å². The zero-order valence-corrected chi connectivity index (χ0v) is 21.4. The monoisotopic (exact) mass is 587 g/mol. The van der Waals surface area contributed by atoms with Gasteiger partial charge in [0, 0.05) is 21.8 Å². The molecule has 0 radical (unpaired) electrons. The molecular formula is C26H23Br2NO5. The molecule has 2 aromatic rings. The number of esters is 1. The van der Waals surface area contributed by atoms with Crippen molar-refractivity contribution in [3.63, 3.8) is 0 Å². The van der Waals surface area contributed by atoms with Crippen LogP contribution in [0.1, 0.15) is 23.2 Å². The van der Waals surface area contributed by atoms with Gasteiger partial charge in [-0.3, -0.25) is 24.1 Å². The number of hydrogen-bond acceptors (Lipinski definition) is 5. The Balaban J connectivity index is 1.12. The van der Waals surface area contributed by atoms with Gasteiger partial charge in [0.2, 0.25) is 11.8 Å². The summed E-state index contributed by atoms with van der Waals surface area (Å²) in [6, 6.07) is 16.9. The van der Waals surface area contributed by atoms with Gasteiger partial charge in [-0.25, -0.2) is 0 Å². The van der Waals surface area contributed by atoms with Crippen LogP contribution >= 0.6 is 31.9 Å². The SMILES string of the molecule is O=C(CCN1C(=O)[C@@H]2[C@H]3C[C@@H]([C@H](Br)[C@H]3Br)[C@@H]2C1=O)OCC(=O)c1ccc(-c2ccccc2)cc1. The van der Waals surface area contributed by atoms with Gasteiger partial charge in [0.25, 0.3) is 0 Å². The van der Waals surface area contributed by atoms with Crippen LogP contribution in [0.3, 0.4) is 0 Å². The molecular weight excluding hydrogens is 566 g/mol. The number of alkyl halides is 2. The number of likely N-dealkylation sites (tertiary alicyclic amines) is 1. The highest BCUT2D eigenvalue weighted by Crippen LogP contribution is 2.60. The third-order valence-electron chi connectivity index (χ3n) is 7.30. The number of rotatable bonds is 7. The third-order valence-corrected chi connectivity index (χ3v) is 10.5. The normalized spacial score (nSPS) is 29.4. The quantitative estimate of drug-likeness (QED) is 0.209. The van der Waals surface area contributed by atoms with E-state index in [0.717, 1.165) is 17.5 Å². The van der Waals surface area contributed by atoms with E-state index >= 15 is 0 Å². The predicted molar refractivity (Wildman–Crippen MR) is 133 cm³/mol. The number of carbonyl (C=O) groups is 4. The molecule has 2 aromatic carbocycles. The molecule has 1 aliphatic heterocycles. The summed E-state index contributed by atoms with van der Waals surface area (Å²) in [4.78, 5) is 52.0. The van der Waals surface area contributed by atoms with Crippen molar-refractivity contribution in [3.8, 4) is 11.1 Å². The third kappa shape index (κ3) is 4.05. The Bertz CT molecular complexity index is 1100. The van der Waals surface area contributed by atoms with E-state index in [-0.39, 0.29) is 70.5 Å². The number of fused-ring (bicyclic) bond motifs is 5. The lowest BCUT2D eigenvalue weighted by Gasteiger charge is -2.28. The summed E-state index contributed by atoms with van der Waals surface area (Å²) in [7, 11) is 0. The molecule has 1 heterocycles. The lowest BCUT2D eigenvalue weighted by molar-refractivity contribution is -0.145. The standard InChI is InChI=1S/C26H23Br2NO5/c27-23-17-12-18(24(23)28)22-21(17)25(32)29(26(22)33)11-10-20(31)34-13-19(30)16-8-6-15(7-9-16)14-4-2-1-3-5-14/h1-9,17-18,21-24H,10-13H2/t17-,18-,21-,22+,23+,24+/m1/s1. The second-order valence-electron chi connectivity index (χ2n) is 9.11. The number of Topliss-reactive ketones (excluding diaryl/α,β-unsaturated/α-hetero) is 1. The van der Waals surface area contributed by atoms with Crippen molar-refractivity contribution in [1.29, 1.82) is 0 Å². The van der Waals surface area contributed by atoms with E-state index in [9.17, 15) is 19.2 Å². The van der Waals surface area contributed by atoms with Crippen molar-refractivity contribution in [2.75, 3.05) is 13.2 Å². The Morgan fingerprint density at radius 1 is 0.853 bits per heavy atom. The first-order chi connectivity index (χ1) is 16.4. The van der Waals surface area contributed by atoms with E-state index in [1.54, 1.807) is 12.1 Å². The number of carbonyl (C=O) groups excluding carboxylic acids is 4. The fraction of sp³-hybridized carbons (Fsp3) is 0.385. The van der Waals surface area contributed by atoms with E-state index < -0.39 is 5.97 Å². The molecule has 0 aromatic heterocycles. The minimum Gasteiger partial charge on any atom is -0.457 e. The predicted octanol–water partition coefficient (Wildman–Crippen LogP) is 4.25. The lowest BCUT2D eigenvalue weighted by Crippen LogP contribution is -2.37. The zero-order valence-electron chi connectivity index (χ0n) is 18.2. The van der Waals surface area contributed by atoms with Gasteiger partial charge in [0.1, 0.15) is 0 Å². The summed E-state index contributed by atoms with van der Waals surface area (Å²) < 4.78 is 5.13. The molecule has 0 spiro atoms. The smallest absolute Gasteiger partial charge is 0.308 e. The van der Waals surface area contributed by atoms with E-state index in [1.165, 1.54) is 4.90 Å². The minimum atomic E-state index is -0.605. The van der Waals surface area contributed by atoms with Crippen LogP contribution in [0.15, 0.2) is 54.6 Å². The van der Waals surface area contributed by atoms with Crippen molar-refractivity contribution in [2.24, 2.45) is 23.7 Å². The average Bonchev–Trinajstić information content (AvgIpc) is 3.47. The highest BCUT2D eigenvalue weighted by atomic mass is 79.9. The minimum absolute atomic E-state index is 0.0111. The van der Waals surface area contributed by atoms with Crippen molar-refractivity contribution in [3.05, 3.63) is 60.2 Å². The van der Waals surface area contributed by atoms with Crippen molar-refractivity contribution >= 4 is 55.4 Å². The van der Waals surface area contributed by atoms with E-state index in [1.807, 2.05) is 42.5 Å². The molecule has 8 heteroatoms. The summed E-state index contributed by atoms with van der Waals surface area (Å²) in [5.41, 5.74) is 2.49. The molecule has 6 nitrogen and oxygen atoms in total. The first-order valence-corrected chi connectivity index (χ1v) is 13.2. The van der Waals surface area contributed by atoms with Crippen LogP contribution in [0.4, 0.5) is 0 Å². The number of imide groups is 1. The molecule has 2 aliphatic carbocycles. The van der Waals surface area contributed by atoms with Gasteiger partial charge in [0.15, 0.2) is 12.4 Å². The lowest BCUT2D eigenvalue weighted by atomic mass is 9.81. The second-order valence-corrected chi connectivity index (χ2v) is 11.2. The zero-order chi connectivity index (χ0) is 24.0. The number of amides is 2. The summed E-state index contributed by atoms with van der Waals surface area (Å²) >= 11 is 7.32. The van der Waals surface area contributed by atoms with Crippen molar-refractivity contribution in [1.82, 2.24) is 4.90 Å². The van der Waals surface area contributed by atoms with Gasteiger partial charge in [-0.15, -0.1) is 0 Å². The first kappa shape index (κ1) is 23.4. The van der Waals surface area contributed by atoms with Crippen LogP contribution in [-0.2, 0) is 19.1 Å². The Hall–Kier alpha value is -2.32. The maximum absolute atomic E-state index is 12.9. The van der Waals surface area contributed by atoms with Crippen molar-refractivity contribution in [2.45, 2.75) is 22.5 Å². The highest BCUT2D eigenvalue weighted by molar-refractivity contribution is 9.12. The average molecular weight is 589 g/mol. The Morgan fingerprint density at radius 2 is 1.41 bits per heavy atom. The van der Waals surface area contributed by atoms with Crippen LogP contribution in [0, 0.1) is 23.7 Å². The van der Waals surface area contributed by atoms with Crippen LogP contribution in [0.5, 0.6) is 0 Å². The Labute approximate surface area is 214 Å². The van der Waals surface area contributed by atoms with Crippen LogP contribution in [0.2, 0.25) is 0 Å². The molecule has 34 heavy (non-hydrogen) atoms. The molecule has 1 saturated heterocycles. The summed E-state index contributed by atoms with van der Waals surface area (Å²) in [5.74, 6) is -1.61. The maximum Gasteiger partial charge on any atom is 0.308 e. The van der Waals surface area contributed by atoms with E-state index in [2.05, 4.69) is 31.9 Å². The first-order valence-electron chi connectivity index (χ1n) is 11.3. The van der Waals surface area contributed by atoms with Gasteiger partial charge in [-0.05, 0) is 29.4 Å². The number of halogens is 2. The number of ether oxygens (including phenoxy) is 1. The topological polar surface area (TPSA) is 80.8 Å². The summed E-state index contributed by atoms with van der Waals surface area (Å²) in [5, 5.41) is 0. The molecule has 0 N–H and O–H groups in total. The fourth-order valence-electron chi connectivity index (χ4n) is 5.61. The van der Waals surface area contributed by atoms with Crippen LogP contribution in [-0.4, -0.2) is 51.3 Å². The molecule has 3 fully saturated rings. The van der Waals surface area contributed by atoms with Gasteiger partial charge in [-0.1, -0.05) is 86.5 Å². The number of benzene rings is 2. The number of nitrogens with zero attached hydrogens (tertiary/aromatic N) is 1. The Morgan fingerprint density at radius 3 is 2.00 bits per heavy atom. The van der Waals surface area contributed by atoms with Crippen LogP contribution < -0.4 is 0 Å². The summed E-state index contributed by atoms with van der Waals surface area (Å²) in [6.45, 7) is -0.389. The highest BCUT2D eigenvalue weighted by Gasteiger charge is 2.66. The fourth-order valence-corrected chi connectivity index (χ4v) is 7.49. The molecule has 3 aliphatic rings. The maximum atomic E-state index is 12.9. The molecule has 2 saturated carbocycles. The number of ketones is 1. The molecule has 2 amide bonds. The van der Waals surface area contributed by atoms with Gasteiger partial charge in [-0.2, -0.15) is 0 Å². The molecule has 0 unspecified atom stereocenters. The molecule has 6 atom stereocenters. The van der Waals surface area contributed by atoms with Gasteiger partial charge < -0.3 is 4.74 Å². The molecule has 176 valence electrons.